The Morgan fingerprint density at radius 2 is 2.11 bits per heavy atom. The first-order valence-electron chi connectivity index (χ1n) is 5.49. The van der Waals surface area contributed by atoms with E-state index in [2.05, 4.69) is 15.3 Å². The SMILES string of the molecule is CCOC(=O)N/N=C(/C)c1cccc(C(F)(F)F)c1. The van der Waals surface area contributed by atoms with Crippen LogP contribution in [0.4, 0.5) is 18.0 Å². The fraction of sp³-hybridized carbons (Fsp3) is 0.333. The zero-order valence-electron chi connectivity index (χ0n) is 10.4. The van der Waals surface area contributed by atoms with Crippen LogP contribution in [0.15, 0.2) is 29.4 Å². The second-order valence-corrected chi connectivity index (χ2v) is 3.61. The third-order valence-electron chi connectivity index (χ3n) is 2.20. The molecule has 0 aliphatic carbocycles. The van der Waals surface area contributed by atoms with Gasteiger partial charge in [0, 0.05) is 0 Å². The number of rotatable bonds is 3. The molecule has 0 bridgehead atoms. The lowest BCUT2D eigenvalue weighted by Crippen LogP contribution is -2.20. The van der Waals surface area contributed by atoms with Crippen molar-refractivity contribution in [3.05, 3.63) is 35.4 Å². The topological polar surface area (TPSA) is 50.7 Å². The van der Waals surface area contributed by atoms with Crippen molar-refractivity contribution in [3.63, 3.8) is 0 Å². The molecule has 0 unspecified atom stereocenters. The number of carbonyl (C=O) groups excluding carboxylic acids is 1. The van der Waals surface area contributed by atoms with Crippen LogP contribution in [0.1, 0.15) is 25.0 Å². The number of alkyl halides is 3. The van der Waals surface area contributed by atoms with E-state index in [4.69, 9.17) is 0 Å². The van der Waals surface area contributed by atoms with Crippen LogP contribution >= 0.6 is 0 Å². The minimum Gasteiger partial charge on any atom is -0.449 e. The predicted molar refractivity (Wildman–Crippen MR) is 63.8 cm³/mol. The molecule has 1 aromatic rings. The van der Waals surface area contributed by atoms with Crippen LogP contribution in [0.3, 0.4) is 0 Å². The van der Waals surface area contributed by atoms with Gasteiger partial charge < -0.3 is 4.74 Å². The molecule has 0 aromatic heterocycles. The van der Waals surface area contributed by atoms with Gasteiger partial charge in [-0.3, -0.25) is 0 Å². The number of halogens is 3. The van der Waals surface area contributed by atoms with Gasteiger partial charge in [0.05, 0.1) is 17.9 Å². The number of hydrazone groups is 1. The number of amides is 1. The van der Waals surface area contributed by atoms with Crippen LogP contribution in [0.5, 0.6) is 0 Å². The van der Waals surface area contributed by atoms with Crippen molar-refractivity contribution < 1.29 is 22.7 Å². The number of hydrogen-bond donors (Lipinski definition) is 1. The Morgan fingerprint density at radius 1 is 1.42 bits per heavy atom. The number of hydrogen-bond acceptors (Lipinski definition) is 3. The Balaban J connectivity index is 2.85. The third-order valence-corrected chi connectivity index (χ3v) is 2.20. The summed E-state index contributed by atoms with van der Waals surface area (Å²) >= 11 is 0. The van der Waals surface area contributed by atoms with Crippen molar-refractivity contribution in [3.8, 4) is 0 Å². The highest BCUT2D eigenvalue weighted by molar-refractivity contribution is 5.99. The number of nitrogens with one attached hydrogen (secondary N) is 1. The van der Waals surface area contributed by atoms with Crippen molar-refractivity contribution >= 4 is 11.8 Å². The minimum absolute atomic E-state index is 0.184. The quantitative estimate of drug-likeness (QED) is 0.680. The molecule has 0 radical (unpaired) electrons. The van der Waals surface area contributed by atoms with E-state index in [1.165, 1.54) is 19.1 Å². The zero-order chi connectivity index (χ0) is 14.5. The third kappa shape index (κ3) is 4.61. The minimum atomic E-state index is -4.41. The van der Waals surface area contributed by atoms with Gasteiger partial charge >= 0.3 is 12.3 Å². The van der Waals surface area contributed by atoms with E-state index in [9.17, 15) is 18.0 Å². The number of nitrogens with zero attached hydrogens (tertiary/aromatic N) is 1. The van der Waals surface area contributed by atoms with Gasteiger partial charge in [0.25, 0.3) is 0 Å². The highest BCUT2D eigenvalue weighted by atomic mass is 19.4. The van der Waals surface area contributed by atoms with Crippen molar-refractivity contribution in [1.29, 1.82) is 0 Å². The van der Waals surface area contributed by atoms with Crippen LogP contribution in [-0.4, -0.2) is 18.4 Å². The number of carbonyl (C=O) groups is 1. The molecule has 0 saturated carbocycles. The summed E-state index contributed by atoms with van der Waals surface area (Å²) in [7, 11) is 0. The highest BCUT2D eigenvalue weighted by Crippen LogP contribution is 2.29. The number of benzene rings is 1. The van der Waals surface area contributed by atoms with Gasteiger partial charge in [0.2, 0.25) is 0 Å². The Morgan fingerprint density at radius 3 is 2.68 bits per heavy atom. The Labute approximate surface area is 108 Å². The van der Waals surface area contributed by atoms with E-state index in [1.807, 2.05) is 0 Å². The Kier molecular flexibility index (Phi) is 4.91. The van der Waals surface area contributed by atoms with Gasteiger partial charge in [-0.1, -0.05) is 12.1 Å². The van der Waals surface area contributed by atoms with E-state index >= 15 is 0 Å². The summed E-state index contributed by atoms with van der Waals surface area (Å²) in [6.45, 7) is 3.30. The summed E-state index contributed by atoms with van der Waals surface area (Å²) in [5.74, 6) is 0. The summed E-state index contributed by atoms with van der Waals surface area (Å²) in [5, 5.41) is 3.66. The van der Waals surface area contributed by atoms with E-state index in [1.54, 1.807) is 6.92 Å². The molecule has 0 atom stereocenters. The molecular weight excluding hydrogens is 261 g/mol. The molecule has 19 heavy (non-hydrogen) atoms. The lowest BCUT2D eigenvalue weighted by atomic mass is 10.1. The van der Waals surface area contributed by atoms with E-state index in [0.29, 0.717) is 0 Å². The molecule has 0 aliphatic heterocycles. The maximum absolute atomic E-state index is 12.5. The average molecular weight is 274 g/mol. The Hall–Kier alpha value is -2.05. The molecule has 0 fully saturated rings. The fourth-order valence-electron chi connectivity index (χ4n) is 1.28. The largest absolute Gasteiger partial charge is 0.449 e. The molecule has 1 amide bonds. The fourth-order valence-corrected chi connectivity index (χ4v) is 1.28. The van der Waals surface area contributed by atoms with Crippen molar-refractivity contribution in [2.75, 3.05) is 6.61 Å². The van der Waals surface area contributed by atoms with Gasteiger partial charge in [0.1, 0.15) is 0 Å². The summed E-state index contributed by atoms with van der Waals surface area (Å²) < 4.78 is 42.1. The standard InChI is InChI=1S/C12H13F3N2O2/c1-3-19-11(18)17-16-8(2)9-5-4-6-10(7-9)12(13,14)15/h4-7H,3H2,1-2H3,(H,17,18)/b16-8-. The van der Waals surface area contributed by atoms with Gasteiger partial charge in [0.15, 0.2) is 0 Å². The van der Waals surface area contributed by atoms with Gasteiger partial charge in [-0.2, -0.15) is 18.3 Å². The first kappa shape index (κ1) is 15.0. The van der Waals surface area contributed by atoms with Crippen molar-refractivity contribution in [2.24, 2.45) is 5.10 Å². The van der Waals surface area contributed by atoms with E-state index in [0.717, 1.165) is 12.1 Å². The molecule has 1 rings (SSSR count). The molecule has 104 valence electrons. The van der Waals surface area contributed by atoms with Crippen LogP contribution in [-0.2, 0) is 10.9 Å². The second-order valence-electron chi connectivity index (χ2n) is 3.61. The lowest BCUT2D eigenvalue weighted by molar-refractivity contribution is -0.137. The summed E-state index contributed by atoms with van der Waals surface area (Å²) in [6.07, 6.45) is -5.17. The average Bonchev–Trinajstić information content (AvgIpc) is 2.35. The summed E-state index contributed by atoms with van der Waals surface area (Å²) in [6, 6.07) is 4.68. The first-order chi connectivity index (χ1) is 8.84. The van der Waals surface area contributed by atoms with Crippen LogP contribution < -0.4 is 5.43 Å². The van der Waals surface area contributed by atoms with Gasteiger partial charge in [-0.15, -0.1) is 0 Å². The zero-order valence-corrected chi connectivity index (χ0v) is 10.4. The van der Waals surface area contributed by atoms with Crippen LogP contribution in [0.2, 0.25) is 0 Å². The summed E-state index contributed by atoms with van der Waals surface area (Å²) in [5.41, 5.74) is 1.84. The smallest absolute Gasteiger partial charge is 0.427 e. The molecule has 1 aromatic carbocycles. The maximum Gasteiger partial charge on any atom is 0.427 e. The molecule has 4 nitrogen and oxygen atoms in total. The lowest BCUT2D eigenvalue weighted by Gasteiger charge is -2.08. The first-order valence-corrected chi connectivity index (χ1v) is 5.49. The maximum atomic E-state index is 12.5. The molecule has 0 aliphatic rings. The van der Waals surface area contributed by atoms with Crippen LogP contribution in [0, 0.1) is 0 Å². The molecular formula is C12H13F3N2O2. The molecule has 7 heteroatoms. The highest BCUT2D eigenvalue weighted by Gasteiger charge is 2.30. The monoisotopic (exact) mass is 274 g/mol. The van der Waals surface area contributed by atoms with Crippen LogP contribution in [0.25, 0.3) is 0 Å². The van der Waals surface area contributed by atoms with Crippen molar-refractivity contribution in [1.82, 2.24) is 5.43 Å². The normalized spacial score (nSPS) is 12.2. The van der Waals surface area contributed by atoms with E-state index < -0.39 is 17.8 Å². The van der Waals surface area contributed by atoms with Crippen molar-refractivity contribution in [2.45, 2.75) is 20.0 Å². The molecule has 0 spiro atoms. The van der Waals surface area contributed by atoms with Gasteiger partial charge in [-0.25, -0.2) is 10.2 Å². The second kappa shape index (κ2) is 6.21. The molecule has 1 N–H and O–H groups in total. The number of ether oxygens (including phenoxy) is 1. The predicted octanol–water partition coefficient (Wildman–Crippen LogP) is 3.18. The summed E-state index contributed by atoms with van der Waals surface area (Å²) in [4.78, 5) is 11.0. The molecule has 0 heterocycles. The molecule has 0 saturated heterocycles. The Bertz CT molecular complexity index is 484. The van der Waals surface area contributed by atoms with Gasteiger partial charge in [-0.05, 0) is 31.5 Å². The van der Waals surface area contributed by atoms with E-state index in [-0.39, 0.29) is 17.9 Å².